The van der Waals surface area contributed by atoms with Crippen molar-refractivity contribution >= 4 is 213 Å². The third kappa shape index (κ3) is 28.0. The van der Waals surface area contributed by atoms with Crippen molar-refractivity contribution in [2.24, 2.45) is 0 Å². The molecular formula is C12H28Na6O17. The van der Waals surface area contributed by atoms with Crippen molar-refractivity contribution in [3.05, 3.63) is 0 Å². The third-order valence-electron chi connectivity index (χ3n) is 2.85. The van der Waals surface area contributed by atoms with Crippen molar-refractivity contribution in [1.82, 2.24) is 0 Å². The Hall–Kier alpha value is 2.62. The second-order valence-electron chi connectivity index (χ2n) is 5.00. The number of carboxylic acid groups (broad SMARTS) is 5. The normalized spacial score (nSPS) is 9.51. The topological polar surface area (TPSA) is 359 Å². The summed E-state index contributed by atoms with van der Waals surface area (Å²) in [6.07, 6.45) is -5.94. The van der Waals surface area contributed by atoms with E-state index < -0.39 is 72.7 Å². The second kappa shape index (κ2) is 32.8. The molecule has 14 N–H and O–H groups in total. The molecule has 0 heterocycles. The molecule has 1 unspecified atom stereocenters. The van der Waals surface area contributed by atoms with Gasteiger partial charge in [-0.1, -0.05) is 0 Å². The number of aliphatic carboxylic acids is 5. The number of esters is 1. The number of ether oxygens (including phenoxy) is 1. The molecule has 0 fully saturated rings. The number of aliphatic hydroxyl groups is 1. The molecule has 23 heteroatoms. The minimum atomic E-state index is -3.17. The first kappa shape index (κ1) is 71.2. The van der Waals surface area contributed by atoms with Crippen molar-refractivity contribution in [2.45, 2.75) is 36.9 Å². The number of carboxylic acids is 5. The van der Waals surface area contributed by atoms with Gasteiger partial charge in [0, 0.05) is 0 Å². The number of carbonyl (C=O) groups is 6. The molecule has 0 saturated heterocycles. The van der Waals surface area contributed by atoms with Crippen LogP contribution in [0.2, 0.25) is 0 Å². The molecular weight excluding hydrogens is 554 g/mol. The summed E-state index contributed by atoms with van der Waals surface area (Å²) in [4.78, 5) is 66.0. The standard InChI is InChI=1S/C12H14O13.6Na.4H2O.6H/c13-5(14)1-11(24,9(20)21)4-8(19)25-12(10(22)23,2-6(15)16)3-7(17)18;;;;;;;;;;;;;;;;/h24H,1-4H2,(H,13,14)(H,15,16)(H,17,18)(H,20,21)(H,22,23);;;;;;;4*1H2;;;;;;. The van der Waals surface area contributed by atoms with E-state index >= 15 is 0 Å². The van der Waals surface area contributed by atoms with Gasteiger partial charge in [-0.05, 0) is 0 Å². The van der Waals surface area contributed by atoms with E-state index in [2.05, 4.69) is 4.74 Å². The predicted molar refractivity (Wildman–Crippen MR) is 128 cm³/mol. The zero-order valence-corrected chi connectivity index (χ0v) is 14.4. The number of hydrogen-bond acceptors (Lipinski definition) is 8. The predicted octanol–water partition coefficient (Wildman–Crippen LogP) is -9.21. The first-order valence-corrected chi connectivity index (χ1v) is 6.30. The Labute approximate surface area is 330 Å². The molecule has 35 heavy (non-hydrogen) atoms. The second-order valence-corrected chi connectivity index (χ2v) is 5.00. The van der Waals surface area contributed by atoms with Crippen molar-refractivity contribution in [3.8, 4) is 0 Å². The summed E-state index contributed by atoms with van der Waals surface area (Å²) in [7, 11) is 0. The van der Waals surface area contributed by atoms with Gasteiger partial charge in [0.1, 0.15) is 0 Å². The van der Waals surface area contributed by atoms with Gasteiger partial charge in [-0.3, -0.25) is 19.2 Å². The van der Waals surface area contributed by atoms with Gasteiger partial charge in [-0.2, -0.15) is 0 Å². The van der Waals surface area contributed by atoms with E-state index in [9.17, 15) is 33.9 Å². The Morgan fingerprint density at radius 1 is 0.514 bits per heavy atom. The van der Waals surface area contributed by atoms with Gasteiger partial charge in [0.15, 0.2) is 5.60 Å². The molecule has 0 aliphatic carbocycles. The first-order chi connectivity index (χ1) is 11.2. The van der Waals surface area contributed by atoms with Gasteiger partial charge in [0.25, 0.3) is 0 Å². The summed E-state index contributed by atoms with van der Waals surface area (Å²) < 4.78 is 4.33. The fraction of sp³-hybridized carbons (Fsp3) is 0.500. The monoisotopic (exact) mass is 582 g/mol. The molecule has 0 radical (unpaired) electrons. The Balaban J connectivity index is -0.0000000640. The van der Waals surface area contributed by atoms with Crippen LogP contribution in [0.3, 0.4) is 0 Å². The quantitative estimate of drug-likeness (QED) is 0.0974. The fourth-order valence-electron chi connectivity index (χ4n) is 1.77. The molecule has 184 valence electrons. The molecule has 0 amide bonds. The molecule has 0 bridgehead atoms. The van der Waals surface area contributed by atoms with E-state index in [0.29, 0.717) is 0 Å². The van der Waals surface area contributed by atoms with Crippen LogP contribution in [0.4, 0.5) is 0 Å². The maximum atomic E-state index is 11.7. The Bertz CT molecular complexity index is 617. The van der Waals surface area contributed by atoms with Crippen molar-refractivity contribution < 1.29 is 86.0 Å². The van der Waals surface area contributed by atoms with Crippen LogP contribution in [0.25, 0.3) is 0 Å². The van der Waals surface area contributed by atoms with Crippen molar-refractivity contribution in [2.75, 3.05) is 0 Å². The summed E-state index contributed by atoms with van der Waals surface area (Å²) in [5, 5.41) is 53.5. The van der Waals surface area contributed by atoms with E-state index in [1.165, 1.54) is 0 Å². The number of rotatable bonds is 11. The van der Waals surface area contributed by atoms with Crippen LogP contribution in [-0.2, 0) is 33.5 Å². The average Bonchev–Trinajstić information content (AvgIpc) is 2.34. The maximum absolute atomic E-state index is 11.7. The third-order valence-corrected chi connectivity index (χ3v) is 2.85. The average molecular weight is 582 g/mol. The van der Waals surface area contributed by atoms with Crippen LogP contribution < -0.4 is 0 Å². The van der Waals surface area contributed by atoms with Crippen LogP contribution in [0.15, 0.2) is 0 Å². The molecule has 0 saturated carbocycles. The number of carbonyl (C=O) groups excluding carboxylic acids is 1. The minimum absolute atomic E-state index is 0. The van der Waals surface area contributed by atoms with Crippen molar-refractivity contribution in [1.29, 1.82) is 0 Å². The Kier molecular flexibility index (Phi) is 66.8. The van der Waals surface area contributed by atoms with Gasteiger partial charge in [0.05, 0.1) is 25.7 Å². The summed E-state index contributed by atoms with van der Waals surface area (Å²) >= 11 is 0. The zero-order chi connectivity index (χ0) is 20.0. The van der Waals surface area contributed by atoms with Crippen molar-refractivity contribution in [3.63, 3.8) is 0 Å². The van der Waals surface area contributed by atoms with Crippen LogP contribution in [0, 0.1) is 0 Å². The van der Waals surface area contributed by atoms with Gasteiger partial charge >= 0.3 is 213 Å². The van der Waals surface area contributed by atoms with Crippen LogP contribution in [-0.4, -0.2) is 277 Å². The zero-order valence-electron chi connectivity index (χ0n) is 14.4. The van der Waals surface area contributed by atoms with Crippen LogP contribution >= 0.6 is 0 Å². The molecule has 0 aromatic carbocycles. The molecule has 17 nitrogen and oxygen atoms in total. The SMILES string of the molecule is O.O.O.O.O=C(O)CC(O)(CC(=O)OC(CC(=O)O)(CC(=O)O)C(=O)O)C(=O)O.[NaH].[NaH].[NaH].[NaH].[NaH].[NaH]. The summed E-state index contributed by atoms with van der Waals surface area (Å²) in [6.45, 7) is 0. The summed E-state index contributed by atoms with van der Waals surface area (Å²) in [5.74, 6) is -11.6. The molecule has 0 spiro atoms. The molecule has 0 rings (SSSR count). The Morgan fingerprint density at radius 3 is 1.00 bits per heavy atom. The van der Waals surface area contributed by atoms with E-state index in [1.807, 2.05) is 0 Å². The first-order valence-electron chi connectivity index (χ1n) is 6.30. The summed E-state index contributed by atoms with van der Waals surface area (Å²) in [6, 6.07) is 0. The van der Waals surface area contributed by atoms with Gasteiger partial charge in [-0.15, -0.1) is 0 Å². The fourth-order valence-corrected chi connectivity index (χ4v) is 1.77. The van der Waals surface area contributed by atoms with Gasteiger partial charge < -0.3 is 57.3 Å². The molecule has 0 aliphatic rings. The molecule has 0 aliphatic heterocycles. The molecule has 0 aromatic rings. The van der Waals surface area contributed by atoms with Gasteiger partial charge in [-0.25, -0.2) is 9.59 Å². The van der Waals surface area contributed by atoms with Crippen LogP contribution in [0.1, 0.15) is 25.7 Å². The summed E-state index contributed by atoms with van der Waals surface area (Å²) in [5.41, 5.74) is -6.24. The van der Waals surface area contributed by atoms with Gasteiger partial charge in [0.2, 0.25) is 5.60 Å². The Morgan fingerprint density at radius 2 is 0.800 bits per heavy atom. The van der Waals surface area contributed by atoms with Crippen LogP contribution in [0.5, 0.6) is 0 Å². The van der Waals surface area contributed by atoms with E-state index in [4.69, 9.17) is 25.5 Å². The van der Waals surface area contributed by atoms with E-state index in [1.54, 1.807) is 0 Å². The number of hydrogen-bond donors (Lipinski definition) is 6. The molecule has 0 aromatic heterocycles. The van der Waals surface area contributed by atoms with E-state index in [0.717, 1.165) is 0 Å². The molecule has 1 atom stereocenters. The van der Waals surface area contributed by atoms with E-state index in [-0.39, 0.29) is 199 Å².